The summed E-state index contributed by atoms with van der Waals surface area (Å²) in [5, 5.41) is 12.6. The number of nitriles is 1. The highest BCUT2D eigenvalue weighted by atomic mass is 16.5. The average Bonchev–Trinajstić information content (AvgIpc) is 3.76. The highest BCUT2D eigenvalue weighted by Gasteiger charge is 2.57. The molecule has 1 N–H and O–H groups in total. The van der Waals surface area contributed by atoms with Gasteiger partial charge in [0, 0.05) is 35.8 Å². The minimum absolute atomic E-state index is 0.190. The number of fused-ring (bicyclic) bond motifs is 1. The number of rotatable bonds is 11. The fourth-order valence-corrected chi connectivity index (χ4v) is 4.13. The molecular weight excluding hydrogens is 484 g/mol. The van der Waals surface area contributed by atoms with E-state index in [1.165, 1.54) is 11.1 Å². The van der Waals surface area contributed by atoms with Crippen molar-refractivity contribution in [3.05, 3.63) is 61.4 Å². The van der Waals surface area contributed by atoms with E-state index in [2.05, 4.69) is 22.9 Å². The van der Waals surface area contributed by atoms with Crippen molar-refractivity contribution in [1.29, 1.82) is 5.26 Å². The lowest BCUT2D eigenvalue weighted by atomic mass is 10.0. The fourth-order valence-electron chi connectivity index (χ4n) is 4.13. The number of anilines is 1. The molecule has 196 valence electrons. The van der Waals surface area contributed by atoms with Crippen molar-refractivity contribution in [1.82, 2.24) is 9.88 Å². The van der Waals surface area contributed by atoms with Gasteiger partial charge in [0.15, 0.2) is 11.5 Å². The van der Waals surface area contributed by atoms with E-state index in [0.717, 1.165) is 5.39 Å². The second kappa shape index (κ2) is 11.2. The van der Waals surface area contributed by atoms with E-state index in [1.54, 1.807) is 63.7 Å². The summed E-state index contributed by atoms with van der Waals surface area (Å²) in [6, 6.07) is 14.4. The first-order valence-electron chi connectivity index (χ1n) is 12.3. The Bertz CT molecular complexity index is 1390. The minimum atomic E-state index is -1.10. The van der Waals surface area contributed by atoms with Crippen LogP contribution in [-0.4, -0.2) is 42.5 Å². The Balaban J connectivity index is 1.44. The van der Waals surface area contributed by atoms with Gasteiger partial charge in [0.2, 0.25) is 11.8 Å². The van der Waals surface area contributed by atoms with Crippen LogP contribution in [0.4, 0.5) is 5.69 Å². The summed E-state index contributed by atoms with van der Waals surface area (Å²) in [6.07, 6.45) is 4.54. The van der Waals surface area contributed by atoms with Gasteiger partial charge in [-0.15, -0.1) is 0 Å². The van der Waals surface area contributed by atoms with Crippen LogP contribution in [0.25, 0.3) is 10.9 Å². The molecule has 0 aliphatic heterocycles. The molecule has 9 heteroatoms. The Morgan fingerprint density at radius 1 is 1.16 bits per heavy atom. The number of pyridine rings is 1. The Morgan fingerprint density at radius 2 is 1.84 bits per heavy atom. The van der Waals surface area contributed by atoms with Crippen molar-refractivity contribution >= 4 is 28.4 Å². The van der Waals surface area contributed by atoms with Crippen LogP contribution in [0, 0.1) is 22.7 Å². The standard InChI is InChI=1S/C29H30N4O5/c1-5-33(15-11-19(2)18-30)28(35)29(12-13-29)27(34)32-20-6-8-21(9-7-20)38-24-10-14-31-23-17-26(37-4)25(36-3)16-22(23)24/h5-10,14,16-17,19H,1,11-13,15H2,2-4H3,(H,32,34). The lowest BCUT2D eigenvalue weighted by Gasteiger charge is -2.24. The zero-order chi connectivity index (χ0) is 27.3. The van der Waals surface area contributed by atoms with E-state index >= 15 is 0 Å². The quantitative estimate of drug-likeness (QED) is 0.346. The van der Waals surface area contributed by atoms with Gasteiger partial charge in [-0.3, -0.25) is 14.6 Å². The highest BCUT2D eigenvalue weighted by Crippen LogP contribution is 2.48. The number of carbonyl (C=O) groups excluding carboxylic acids is 2. The number of carbonyl (C=O) groups is 2. The van der Waals surface area contributed by atoms with Gasteiger partial charge >= 0.3 is 0 Å². The first kappa shape index (κ1) is 26.5. The summed E-state index contributed by atoms with van der Waals surface area (Å²) >= 11 is 0. The predicted molar refractivity (Wildman–Crippen MR) is 143 cm³/mol. The predicted octanol–water partition coefficient (Wildman–Crippen LogP) is 5.28. The van der Waals surface area contributed by atoms with E-state index < -0.39 is 5.41 Å². The molecule has 0 saturated heterocycles. The lowest BCUT2D eigenvalue weighted by Crippen LogP contribution is -2.41. The molecule has 1 saturated carbocycles. The summed E-state index contributed by atoms with van der Waals surface area (Å²) in [4.78, 5) is 32.0. The minimum Gasteiger partial charge on any atom is -0.493 e. The van der Waals surface area contributed by atoms with E-state index in [1.807, 2.05) is 6.07 Å². The van der Waals surface area contributed by atoms with Crippen LogP contribution in [0.3, 0.4) is 0 Å². The molecule has 0 radical (unpaired) electrons. The van der Waals surface area contributed by atoms with Crippen LogP contribution in [0.2, 0.25) is 0 Å². The van der Waals surface area contributed by atoms with Crippen LogP contribution in [0.15, 0.2) is 61.4 Å². The number of hydrogen-bond acceptors (Lipinski definition) is 7. The molecule has 3 aromatic rings. The van der Waals surface area contributed by atoms with Gasteiger partial charge in [-0.25, -0.2) is 0 Å². The Hall–Kier alpha value is -4.58. The average molecular weight is 515 g/mol. The van der Waals surface area contributed by atoms with Gasteiger partial charge in [0.25, 0.3) is 0 Å². The van der Waals surface area contributed by atoms with Crippen LogP contribution >= 0.6 is 0 Å². The second-order valence-corrected chi connectivity index (χ2v) is 9.20. The summed E-state index contributed by atoms with van der Waals surface area (Å²) in [7, 11) is 3.13. The van der Waals surface area contributed by atoms with Gasteiger partial charge in [-0.1, -0.05) is 6.58 Å². The second-order valence-electron chi connectivity index (χ2n) is 9.20. The van der Waals surface area contributed by atoms with Gasteiger partial charge in [0.05, 0.1) is 25.8 Å². The van der Waals surface area contributed by atoms with Gasteiger partial charge in [-0.05, 0) is 68.8 Å². The van der Waals surface area contributed by atoms with Gasteiger partial charge in [0.1, 0.15) is 16.9 Å². The van der Waals surface area contributed by atoms with Crippen molar-refractivity contribution in [3.63, 3.8) is 0 Å². The number of ether oxygens (including phenoxy) is 3. The molecule has 2 amide bonds. The van der Waals surface area contributed by atoms with Crippen molar-refractivity contribution in [2.45, 2.75) is 26.2 Å². The zero-order valence-corrected chi connectivity index (χ0v) is 21.7. The Morgan fingerprint density at radius 3 is 2.45 bits per heavy atom. The summed E-state index contributed by atoms with van der Waals surface area (Å²) < 4.78 is 16.9. The number of benzene rings is 2. The summed E-state index contributed by atoms with van der Waals surface area (Å²) in [5.74, 6) is 1.46. The molecule has 1 aliphatic carbocycles. The van der Waals surface area contributed by atoms with Gasteiger partial charge < -0.3 is 24.4 Å². The van der Waals surface area contributed by atoms with Crippen molar-refractivity contribution in [2.75, 3.05) is 26.1 Å². The molecule has 2 aromatic carbocycles. The Kier molecular flexibility index (Phi) is 7.82. The largest absolute Gasteiger partial charge is 0.493 e. The highest BCUT2D eigenvalue weighted by molar-refractivity contribution is 6.13. The molecule has 4 rings (SSSR count). The van der Waals surface area contributed by atoms with E-state index in [4.69, 9.17) is 19.5 Å². The smallest absolute Gasteiger partial charge is 0.242 e. The first-order valence-corrected chi connectivity index (χ1v) is 12.3. The summed E-state index contributed by atoms with van der Waals surface area (Å²) in [6.45, 7) is 5.85. The first-order chi connectivity index (χ1) is 18.3. The summed E-state index contributed by atoms with van der Waals surface area (Å²) in [5.41, 5.74) is 0.143. The SMILES string of the molecule is C=CN(CCC(C)C#N)C(=O)C1(C(=O)Nc2ccc(Oc3ccnc4cc(OC)c(OC)cc34)cc2)CC1. The molecule has 0 bridgehead atoms. The molecular formula is C29H30N4O5. The fraction of sp³-hybridized carbons (Fsp3) is 0.310. The van der Waals surface area contributed by atoms with Crippen LogP contribution in [-0.2, 0) is 9.59 Å². The molecule has 1 atom stereocenters. The maximum absolute atomic E-state index is 13.1. The van der Waals surface area contributed by atoms with Gasteiger partial charge in [-0.2, -0.15) is 5.26 Å². The number of methoxy groups -OCH3 is 2. The van der Waals surface area contributed by atoms with Crippen LogP contribution < -0.4 is 19.5 Å². The van der Waals surface area contributed by atoms with E-state index in [9.17, 15) is 9.59 Å². The molecule has 1 aliphatic rings. The zero-order valence-electron chi connectivity index (χ0n) is 21.7. The van der Waals surface area contributed by atoms with Crippen molar-refractivity contribution in [2.24, 2.45) is 11.3 Å². The number of hydrogen-bond donors (Lipinski definition) is 1. The maximum Gasteiger partial charge on any atom is 0.242 e. The topological polar surface area (TPSA) is 114 Å². The monoisotopic (exact) mass is 514 g/mol. The number of nitrogens with one attached hydrogen (secondary N) is 1. The molecule has 9 nitrogen and oxygen atoms in total. The molecule has 1 aromatic heterocycles. The van der Waals surface area contributed by atoms with E-state index in [0.29, 0.717) is 60.0 Å². The van der Waals surface area contributed by atoms with Crippen molar-refractivity contribution in [3.8, 4) is 29.1 Å². The Labute approximate surface area is 221 Å². The molecule has 38 heavy (non-hydrogen) atoms. The van der Waals surface area contributed by atoms with Crippen LogP contribution in [0.1, 0.15) is 26.2 Å². The molecule has 1 unspecified atom stereocenters. The maximum atomic E-state index is 13.1. The molecule has 0 spiro atoms. The van der Waals surface area contributed by atoms with Crippen LogP contribution in [0.5, 0.6) is 23.0 Å². The number of nitrogens with zero attached hydrogens (tertiary/aromatic N) is 3. The normalized spacial score (nSPS) is 14.1. The third-order valence-electron chi connectivity index (χ3n) is 6.65. The molecule has 1 heterocycles. The van der Waals surface area contributed by atoms with E-state index in [-0.39, 0.29) is 17.7 Å². The lowest BCUT2D eigenvalue weighted by molar-refractivity contribution is -0.140. The number of aromatic nitrogens is 1. The third-order valence-corrected chi connectivity index (χ3v) is 6.65. The van der Waals surface area contributed by atoms with Crippen molar-refractivity contribution < 1.29 is 23.8 Å². The molecule has 1 fully saturated rings. The third kappa shape index (κ3) is 5.39. The number of amides is 2.